The van der Waals surface area contributed by atoms with Gasteiger partial charge in [-0.2, -0.15) is 0 Å². The Hall–Kier alpha value is -1.29. The summed E-state index contributed by atoms with van der Waals surface area (Å²) >= 11 is 3.37. The summed E-state index contributed by atoms with van der Waals surface area (Å²) in [7, 11) is 0. The molecule has 3 saturated carbocycles. The fourth-order valence-corrected chi connectivity index (χ4v) is 8.53. The van der Waals surface area contributed by atoms with Gasteiger partial charge >= 0.3 is 5.97 Å². The Balaban J connectivity index is 1.43. The highest BCUT2D eigenvalue weighted by atomic mass is 79.9. The van der Waals surface area contributed by atoms with Gasteiger partial charge < -0.3 is 30.3 Å². The standard InChI is InChI=1S/C28H37BrO7/c1-16(30)26(33)12-13-28(35)25(26,3)22(31)15-21-24(2)10-9-20(14-18(24)8-11-27(21,28)34)36-23(32)17-4-6-19(29)7-5-17/h4-8,16,20-22,30-31,33-35H,9-15H2,1-3H3. The Labute approximate surface area is 220 Å². The lowest BCUT2D eigenvalue weighted by atomic mass is 9.42. The van der Waals surface area contributed by atoms with Crippen molar-refractivity contribution in [3.8, 4) is 0 Å². The van der Waals surface area contributed by atoms with Crippen molar-refractivity contribution in [3.05, 3.63) is 46.0 Å². The normalized spacial score (nSPS) is 46.7. The van der Waals surface area contributed by atoms with Crippen LogP contribution in [0.15, 0.2) is 40.4 Å². The monoisotopic (exact) mass is 564 g/mol. The lowest BCUT2D eigenvalue weighted by Gasteiger charge is -2.67. The minimum atomic E-state index is -1.77. The first-order valence-electron chi connectivity index (χ1n) is 12.9. The third-order valence-electron chi connectivity index (χ3n) is 10.7. The van der Waals surface area contributed by atoms with Crippen LogP contribution in [0.2, 0.25) is 0 Å². The van der Waals surface area contributed by atoms with Crippen LogP contribution in [0.1, 0.15) is 76.1 Å². The number of rotatable bonds is 3. The van der Waals surface area contributed by atoms with Crippen molar-refractivity contribution in [2.75, 3.05) is 0 Å². The second-order valence-corrected chi connectivity index (χ2v) is 12.9. The smallest absolute Gasteiger partial charge is 0.338 e. The number of esters is 1. The second kappa shape index (κ2) is 8.35. The summed E-state index contributed by atoms with van der Waals surface area (Å²) in [5, 5.41) is 57.7. The minimum Gasteiger partial charge on any atom is -0.458 e. The van der Waals surface area contributed by atoms with Gasteiger partial charge in [-0.3, -0.25) is 0 Å². The van der Waals surface area contributed by atoms with Gasteiger partial charge in [-0.15, -0.1) is 0 Å². The van der Waals surface area contributed by atoms with E-state index >= 15 is 0 Å². The third-order valence-corrected chi connectivity index (χ3v) is 11.2. The fourth-order valence-electron chi connectivity index (χ4n) is 8.26. The number of halogens is 1. The summed E-state index contributed by atoms with van der Waals surface area (Å²) in [5.74, 6) is -0.817. The number of ether oxygens (including phenoxy) is 1. The van der Waals surface area contributed by atoms with Gasteiger partial charge in [-0.25, -0.2) is 4.79 Å². The van der Waals surface area contributed by atoms with Crippen LogP contribution in [-0.2, 0) is 4.74 Å². The summed E-state index contributed by atoms with van der Waals surface area (Å²) in [5.41, 5.74) is -5.49. The molecule has 0 aromatic heterocycles. The summed E-state index contributed by atoms with van der Waals surface area (Å²) in [4.78, 5) is 12.7. The molecule has 0 aliphatic heterocycles. The van der Waals surface area contributed by atoms with Crippen molar-refractivity contribution >= 4 is 21.9 Å². The number of aliphatic hydroxyl groups is 5. The van der Waals surface area contributed by atoms with Gasteiger partial charge in [0.05, 0.1) is 23.2 Å². The molecule has 36 heavy (non-hydrogen) atoms. The maximum Gasteiger partial charge on any atom is 0.338 e. The highest BCUT2D eigenvalue weighted by Gasteiger charge is 2.80. The first-order valence-corrected chi connectivity index (χ1v) is 13.7. The third kappa shape index (κ3) is 3.24. The average Bonchev–Trinajstić information content (AvgIpc) is 3.06. The molecule has 0 amide bonds. The van der Waals surface area contributed by atoms with Crippen LogP contribution in [0.5, 0.6) is 0 Å². The molecule has 1 aromatic carbocycles. The summed E-state index contributed by atoms with van der Waals surface area (Å²) in [6.45, 7) is 5.14. The van der Waals surface area contributed by atoms with Crippen LogP contribution in [0, 0.1) is 16.7 Å². The van der Waals surface area contributed by atoms with Crippen LogP contribution < -0.4 is 0 Å². The molecule has 1 aromatic rings. The summed E-state index contributed by atoms with van der Waals surface area (Å²) < 4.78 is 6.72. The molecule has 0 radical (unpaired) electrons. The van der Waals surface area contributed by atoms with E-state index in [2.05, 4.69) is 22.9 Å². The first kappa shape index (κ1) is 26.3. The van der Waals surface area contributed by atoms with Crippen LogP contribution >= 0.6 is 15.9 Å². The molecule has 3 fully saturated rings. The molecular formula is C28H37BrO7. The van der Waals surface area contributed by atoms with Gasteiger partial charge in [-0.05, 0) is 75.1 Å². The van der Waals surface area contributed by atoms with Crippen molar-refractivity contribution in [2.45, 2.75) is 101 Å². The number of carbonyl (C=O) groups is 1. The van der Waals surface area contributed by atoms with Gasteiger partial charge in [0.2, 0.25) is 0 Å². The van der Waals surface area contributed by atoms with Gasteiger partial charge in [0, 0.05) is 16.8 Å². The van der Waals surface area contributed by atoms with E-state index in [0.29, 0.717) is 24.8 Å². The highest BCUT2D eigenvalue weighted by molar-refractivity contribution is 9.10. The van der Waals surface area contributed by atoms with E-state index in [1.807, 2.05) is 6.08 Å². The number of fused-ring (bicyclic) bond motifs is 5. The molecule has 0 heterocycles. The van der Waals surface area contributed by atoms with E-state index in [1.54, 1.807) is 31.2 Å². The Bertz CT molecular complexity index is 1090. The largest absolute Gasteiger partial charge is 0.458 e. The van der Waals surface area contributed by atoms with Crippen LogP contribution in [0.4, 0.5) is 0 Å². The molecule has 8 heteroatoms. The molecular weight excluding hydrogens is 528 g/mol. The second-order valence-electron chi connectivity index (χ2n) is 12.0. The Morgan fingerprint density at radius 1 is 1.11 bits per heavy atom. The number of hydrogen-bond acceptors (Lipinski definition) is 7. The highest BCUT2D eigenvalue weighted by Crippen LogP contribution is 2.70. The lowest BCUT2D eigenvalue weighted by molar-refractivity contribution is -0.325. The number of benzene rings is 1. The molecule has 0 saturated heterocycles. The minimum absolute atomic E-state index is 0.0850. The van der Waals surface area contributed by atoms with Crippen molar-refractivity contribution < 1.29 is 35.1 Å². The number of hydrogen-bond donors (Lipinski definition) is 5. The molecule has 5 rings (SSSR count). The molecule has 9 unspecified atom stereocenters. The van der Waals surface area contributed by atoms with Crippen molar-refractivity contribution in [3.63, 3.8) is 0 Å². The SMILES string of the molecule is CC(O)C1(O)CCC2(O)C3(O)CC=C4CC(OC(=O)c5ccc(Br)cc5)CCC4(C)C3CC(O)C12C. The Kier molecular flexibility index (Phi) is 6.11. The molecule has 7 nitrogen and oxygen atoms in total. The van der Waals surface area contributed by atoms with Gasteiger partial charge in [0.15, 0.2) is 0 Å². The van der Waals surface area contributed by atoms with E-state index < -0.39 is 45.8 Å². The van der Waals surface area contributed by atoms with Gasteiger partial charge in [0.25, 0.3) is 0 Å². The van der Waals surface area contributed by atoms with Gasteiger partial charge in [-0.1, -0.05) is 41.4 Å². The van der Waals surface area contributed by atoms with Crippen molar-refractivity contribution in [1.29, 1.82) is 0 Å². The topological polar surface area (TPSA) is 127 Å². The van der Waals surface area contributed by atoms with E-state index in [-0.39, 0.29) is 37.8 Å². The summed E-state index contributed by atoms with van der Waals surface area (Å²) in [6, 6.07) is 7.04. The lowest BCUT2D eigenvalue weighted by Crippen LogP contribution is -2.78. The van der Waals surface area contributed by atoms with E-state index in [1.165, 1.54) is 6.92 Å². The average molecular weight is 566 g/mol. The van der Waals surface area contributed by atoms with E-state index in [0.717, 1.165) is 10.0 Å². The molecule has 4 aliphatic rings. The van der Waals surface area contributed by atoms with Crippen LogP contribution in [0.3, 0.4) is 0 Å². The van der Waals surface area contributed by atoms with E-state index in [9.17, 15) is 30.3 Å². The maximum atomic E-state index is 12.7. The fraction of sp³-hybridized carbons (Fsp3) is 0.679. The predicted molar refractivity (Wildman–Crippen MR) is 136 cm³/mol. The Morgan fingerprint density at radius 3 is 2.42 bits per heavy atom. The zero-order valence-corrected chi connectivity index (χ0v) is 22.7. The molecule has 5 N–H and O–H groups in total. The quantitative estimate of drug-likeness (QED) is 0.281. The zero-order chi connectivity index (χ0) is 26.3. The van der Waals surface area contributed by atoms with E-state index in [4.69, 9.17) is 4.74 Å². The maximum absolute atomic E-state index is 12.7. The van der Waals surface area contributed by atoms with Crippen LogP contribution in [-0.4, -0.2) is 66.6 Å². The molecule has 0 spiro atoms. The molecule has 4 aliphatic carbocycles. The van der Waals surface area contributed by atoms with Crippen molar-refractivity contribution in [2.24, 2.45) is 16.7 Å². The zero-order valence-electron chi connectivity index (χ0n) is 21.1. The number of carbonyl (C=O) groups excluding carboxylic acids is 1. The molecule has 198 valence electrons. The summed E-state index contributed by atoms with van der Waals surface area (Å²) in [6.07, 6.45) is 1.70. The van der Waals surface area contributed by atoms with Gasteiger partial charge in [0.1, 0.15) is 22.9 Å². The Morgan fingerprint density at radius 2 is 1.78 bits per heavy atom. The number of aliphatic hydroxyl groups excluding tert-OH is 2. The molecule has 0 bridgehead atoms. The molecule has 9 atom stereocenters. The van der Waals surface area contributed by atoms with Crippen LogP contribution in [0.25, 0.3) is 0 Å². The van der Waals surface area contributed by atoms with Crippen molar-refractivity contribution in [1.82, 2.24) is 0 Å². The first-order chi connectivity index (χ1) is 16.7. The predicted octanol–water partition coefficient (Wildman–Crippen LogP) is 3.25.